The van der Waals surface area contributed by atoms with Gasteiger partial charge in [0.2, 0.25) is 0 Å². The van der Waals surface area contributed by atoms with E-state index in [0.29, 0.717) is 49.1 Å². The normalized spacial score (nSPS) is 17.9. The van der Waals surface area contributed by atoms with E-state index in [-0.39, 0.29) is 17.8 Å². The van der Waals surface area contributed by atoms with Crippen LogP contribution in [0, 0.1) is 11.7 Å². The van der Waals surface area contributed by atoms with Crippen LogP contribution in [-0.2, 0) is 37.8 Å². The van der Waals surface area contributed by atoms with E-state index in [0.717, 1.165) is 69.0 Å². The molecule has 7 nitrogen and oxygen atoms in total. The van der Waals surface area contributed by atoms with Gasteiger partial charge in [-0.25, -0.2) is 9.18 Å². The summed E-state index contributed by atoms with van der Waals surface area (Å²) in [5.74, 6) is -0.357. The molecule has 5 aromatic rings. The van der Waals surface area contributed by atoms with Crippen LogP contribution in [0.2, 0.25) is 5.02 Å². The smallest absolute Gasteiger partial charge is 0.352 e. The second-order valence-electron chi connectivity index (χ2n) is 11.6. The van der Waals surface area contributed by atoms with Gasteiger partial charge in [-0.3, -0.25) is 4.68 Å². The van der Waals surface area contributed by atoms with Crippen LogP contribution in [-0.4, -0.2) is 38.1 Å². The van der Waals surface area contributed by atoms with Gasteiger partial charge in [0, 0.05) is 47.1 Å². The molecule has 1 saturated carbocycles. The zero-order valence-corrected chi connectivity index (χ0v) is 25.0. The summed E-state index contributed by atoms with van der Waals surface area (Å²) in [4.78, 5) is 13.0. The zero-order chi connectivity index (χ0) is 29.8. The van der Waals surface area contributed by atoms with Gasteiger partial charge in [0.1, 0.15) is 17.3 Å². The van der Waals surface area contributed by atoms with E-state index >= 15 is 0 Å². The Morgan fingerprint density at radius 1 is 1.16 bits per heavy atom. The number of hydrogen-bond donors (Lipinski definition) is 1. The second-order valence-corrected chi connectivity index (χ2v) is 12.0. The van der Waals surface area contributed by atoms with Crippen LogP contribution in [0.3, 0.4) is 0 Å². The van der Waals surface area contributed by atoms with Crippen LogP contribution in [0.5, 0.6) is 5.75 Å². The summed E-state index contributed by atoms with van der Waals surface area (Å²) < 4.78 is 30.1. The highest BCUT2D eigenvalue weighted by molar-refractivity contribution is 6.35. The van der Waals surface area contributed by atoms with Gasteiger partial charge in [-0.15, -0.1) is 0 Å². The Bertz CT molecular complexity index is 1890. The molecule has 0 saturated heterocycles. The van der Waals surface area contributed by atoms with E-state index in [2.05, 4.69) is 6.92 Å². The summed E-state index contributed by atoms with van der Waals surface area (Å²) in [7, 11) is 1.94. The van der Waals surface area contributed by atoms with Crippen LogP contribution >= 0.6 is 11.6 Å². The van der Waals surface area contributed by atoms with Gasteiger partial charge in [-0.05, 0) is 73.4 Å². The highest BCUT2D eigenvalue weighted by Gasteiger charge is 2.37. The van der Waals surface area contributed by atoms with Crippen LogP contribution in [0.1, 0.15) is 53.6 Å². The first-order valence-corrected chi connectivity index (χ1v) is 15.3. The van der Waals surface area contributed by atoms with E-state index < -0.39 is 5.97 Å². The molecule has 2 aliphatic rings. The van der Waals surface area contributed by atoms with Crippen molar-refractivity contribution in [3.63, 3.8) is 0 Å². The van der Waals surface area contributed by atoms with Gasteiger partial charge in [0.25, 0.3) is 0 Å². The predicted octanol–water partition coefficient (Wildman–Crippen LogP) is 7.57. The second kappa shape index (κ2) is 11.0. The lowest BCUT2D eigenvalue weighted by molar-refractivity contribution is -0.0622. The minimum absolute atomic E-state index is 0.0609. The largest absolute Gasteiger partial charge is 0.493 e. The monoisotopic (exact) mass is 601 g/mol. The summed E-state index contributed by atoms with van der Waals surface area (Å²) in [6.45, 7) is 3.42. The van der Waals surface area contributed by atoms with Crippen LogP contribution < -0.4 is 4.74 Å². The summed E-state index contributed by atoms with van der Waals surface area (Å²) in [5.41, 5.74) is 5.57. The third-order valence-corrected chi connectivity index (χ3v) is 9.45. The molecule has 0 bridgehead atoms. The van der Waals surface area contributed by atoms with Crippen molar-refractivity contribution >= 4 is 39.2 Å². The molecule has 3 heterocycles. The number of rotatable bonds is 7. The van der Waals surface area contributed by atoms with E-state index in [4.69, 9.17) is 26.2 Å². The highest BCUT2D eigenvalue weighted by Crippen LogP contribution is 2.45. The molecule has 222 valence electrons. The highest BCUT2D eigenvalue weighted by atomic mass is 35.5. The summed E-state index contributed by atoms with van der Waals surface area (Å²) in [5, 5.41) is 18.5. The lowest BCUT2D eigenvalue weighted by Gasteiger charge is -2.37. The Balaban J connectivity index is 1.31. The summed E-state index contributed by atoms with van der Waals surface area (Å²) in [6.07, 6.45) is 3.85. The SMILES string of the molecule is CCc1c2c(nn1C)COC1CCC1Cn1c(C(=O)O)c(CCCOc3cccc4cc(F)ccc34)c3ccc(Cl)c-2c31. The van der Waals surface area contributed by atoms with E-state index in [1.165, 1.54) is 12.1 Å². The predicted molar refractivity (Wildman–Crippen MR) is 165 cm³/mol. The first kappa shape index (κ1) is 27.9. The van der Waals surface area contributed by atoms with Gasteiger partial charge in [0.05, 0.1) is 35.6 Å². The minimum Gasteiger partial charge on any atom is -0.493 e. The summed E-state index contributed by atoms with van der Waals surface area (Å²) in [6, 6.07) is 14.1. The Kier molecular flexibility index (Phi) is 7.14. The molecule has 43 heavy (non-hydrogen) atoms. The van der Waals surface area contributed by atoms with Crippen LogP contribution in [0.25, 0.3) is 32.8 Å². The molecule has 2 aromatic heterocycles. The molecular weight excluding hydrogens is 569 g/mol. The molecule has 3 aromatic carbocycles. The van der Waals surface area contributed by atoms with Gasteiger partial charge in [-0.1, -0.05) is 36.7 Å². The minimum atomic E-state index is -0.957. The number of aromatic carboxylic acids is 1. The molecule has 7 rings (SSSR count). The third-order valence-electron chi connectivity index (χ3n) is 9.13. The maximum absolute atomic E-state index is 13.7. The van der Waals surface area contributed by atoms with Crippen molar-refractivity contribution < 1.29 is 23.8 Å². The summed E-state index contributed by atoms with van der Waals surface area (Å²) >= 11 is 6.99. The van der Waals surface area contributed by atoms with E-state index in [9.17, 15) is 14.3 Å². The molecule has 0 radical (unpaired) electrons. The fraction of sp³-hybridized carbons (Fsp3) is 0.353. The third kappa shape index (κ3) is 4.68. The molecular formula is C34H33ClFN3O4. The number of ether oxygens (including phenoxy) is 2. The number of nitrogens with zero attached hydrogens (tertiary/aromatic N) is 3. The first-order chi connectivity index (χ1) is 20.9. The molecule has 0 amide bonds. The number of carbonyl (C=O) groups is 1. The topological polar surface area (TPSA) is 78.5 Å². The van der Waals surface area contributed by atoms with Crippen LogP contribution in [0.4, 0.5) is 4.39 Å². The number of carboxylic acids is 1. The fourth-order valence-electron chi connectivity index (χ4n) is 6.99. The van der Waals surface area contributed by atoms with Crippen LogP contribution in [0.15, 0.2) is 48.5 Å². The van der Waals surface area contributed by atoms with Crippen molar-refractivity contribution in [2.45, 2.75) is 58.3 Å². The quantitative estimate of drug-likeness (QED) is 0.195. The first-order valence-electron chi connectivity index (χ1n) is 14.9. The maximum atomic E-state index is 13.7. The van der Waals surface area contributed by atoms with Gasteiger partial charge in [-0.2, -0.15) is 5.10 Å². The number of hydrogen-bond acceptors (Lipinski definition) is 4. The molecule has 2 unspecified atom stereocenters. The van der Waals surface area contributed by atoms with Crippen molar-refractivity contribution in [1.29, 1.82) is 0 Å². The van der Waals surface area contributed by atoms with Gasteiger partial charge in [0.15, 0.2) is 0 Å². The molecule has 1 aliphatic carbocycles. The van der Waals surface area contributed by atoms with Gasteiger partial charge < -0.3 is 19.1 Å². The standard InChI is InChI=1S/C34H33ClFN3O4/c1-3-27-31-26(37-38(27)2)18-43-28-14-9-20(28)17-39-32-24(12-13-25(35)30(31)32)23(33(39)34(40)41)7-5-15-42-29-8-4-6-19-16-21(36)10-11-22(19)29/h4,6,8,10-13,16,20,28H,3,5,7,9,14-15,17-18H2,1-2H3,(H,40,41). The maximum Gasteiger partial charge on any atom is 0.352 e. The van der Waals surface area contributed by atoms with Crippen molar-refractivity contribution in [3.8, 4) is 16.9 Å². The lowest BCUT2D eigenvalue weighted by atomic mass is 9.81. The average Bonchev–Trinajstić information content (AvgIpc) is 3.46. The van der Waals surface area contributed by atoms with Gasteiger partial charge >= 0.3 is 5.97 Å². The van der Waals surface area contributed by atoms with E-state index in [1.54, 1.807) is 6.07 Å². The van der Waals surface area contributed by atoms with E-state index in [1.807, 2.05) is 46.6 Å². The van der Waals surface area contributed by atoms with Crippen molar-refractivity contribution in [3.05, 3.63) is 82.0 Å². The number of aromatic nitrogens is 3. The molecule has 0 spiro atoms. The molecule has 2 atom stereocenters. The molecule has 9 heteroatoms. The molecule has 1 N–H and O–H groups in total. The zero-order valence-electron chi connectivity index (χ0n) is 24.2. The Hall–Kier alpha value is -3.88. The Morgan fingerprint density at radius 2 is 2.00 bits per heavy atom. The number of fused-ring (bicyclic) bond motifs is 4. The number of aryl methyl sites for hydroxylation is 2. The molecule has 1 aliphatic heterocycles. The van der Waals surface area contributed by atoms with Crippen molar-refractivity contribution in [2.24, 2.45) is 13.0 Å². The van der Waals surface area contributed by atoms with Crippen molar-refractivity contribution in [2.75, 3.05) is 6.61 Å². The Labute approximate surface area is 253 Å². The number of halogens is 2. The number of carboxylic acid groups (broad SMARTS) is 1. The van der Waals surface area contributed by atoms with Crippen molar-refractivity contribution in [1.82, 2.24) is 14.3 Å². The lowest BCUT2D eigenvalue weighted by Crippen LogP contribution is -2.37. The number of benzene rings is 3. The Morgan fingerprint density at radius 3 is 2.77 bits per heavy atom. The average molecular weight is 602 g/mol. The molecule has 1 fully saturated rings. The fourth-order valence-corrected chi connectivity index (χ4v) is 7.24.